The van der Waals surface area contributed by atoms with Crippen LogP contribution in [0.15, 0.2) is 23.2 Å². The Labute approximate surface area is 228 Å². The molecule has 3 amide bonds. The molecule has 3 aliphatic heterocycles. The van der Waals surface area contributed by atoms with Gasteiger partial charge >= 0.3 is 0 Å². The molecular formula is C28H38FN7O3. The Kier molecular flexibility index (Phi) is 7.70. The van der Waals surface area contributed by atoms with E-state index >= 15 is 0 Å². The van der Waals surface area contributed by atoms with Crippen molar-refractivity contribution < 1.29 is 18.8 Å². The third-order valence-electron chi connectivity index (χ3n) is 8.86. The predicted molar refractivity (Wildman–Crippen MR) is 146 cm³/mol. The molecule has 3 heterocycles. The van der Waals surface area contributed by atoms with Gasteiger partial charge in [0.1, 0.15) is 17.1 Å². The van der Waals surface area contributed by atoms with Crippen LogP contribution in [0.2, 0.25) is 0 Å². The molecular weight excluding hydrogens is 501 g/mol. The summed E-state index contributed by atoms with van der Waals surface area (Å²) in [4.78, 5) is 48.9. The van der Waals surface area contributed by atoms with Crippen LogP contribution in [0.4, 0.5) is 10.1 Å². The number of benzene rings is 1. The van der Waals surface area contributed by atoms with Crippen molar-refractivity contribution in [3.05, 3.63) is 29.6 Å². The second kappa shape index (κ2) is 11.0. The van der Waals surface area contributed by atoms with Gasteiger partial charge in [0.05, 0.1) is 18.4 Å². The van der Waals surface area contributed by atoms with Gasteiger partial charge in [-0.15, -0.1) is 0 Å². The lowest BCUT2D eigenvalue weighted by Gasteiger charge is -2.44. The van der Waals surface area contributed by atoms with Crippen molar-refractivity contribution in [1.82, 2.24) is 20.0 Å². The highest BCUT2D eigenvalue weighted by atomic mass is 19.1. The first-order valence-corrected chi connectivity index (χ1v) is 13.9. The minimum Gasteiger partial charge on any atom is -0.355 e. The SMILES string of the molecule is CN(C)[C@H]1CCN(C(=O)c2ccc(NC=NCC3CC4(CCNC4=O)C(=O)N(C4CCCC4)C3=N)cc2F)C1. The van der Waals surface area contributed by atoms with Crippen LogP contribution in [0.1, 0.15) is 55.3 Å². The lowest BCUT2D eigenvalue weighted by molar-refractivity contribution is -0.149. The highest BCUT2D eigenvalue weighted by Gasteiger charge is 2.57. The van der Waals surface area contributed by atoms with E-state index in [0.29, 0.717) is 31.7 Å². The number of likely N-dealkylation sites (N-methyl/N-ethyl adjacent to an activating group) is 1. The molecule has 0 bridgehead atoms. The number of hydrogen-bond donors (Lipinski definition) is 3. The standard InChI is InChI=1S/C28H38FN7O3/c1-34(2)21-9-12-35(16-21)25(37)22-8-7-19(13-23(22)29)33-17-31-15-18-14-28(10-11-32-26(28)38)27(39)36(24(18)30)20-5-3-4-6-20/h7-8,13,17-18,20-21,30H,3-6,9-12,14-16H2,1-2H3,(H,31,33)(H,32,38)/t18?,21-,28?/m0/s1. The molecule has 3 N–H and O–H groups in total. The fraction of sp³-hybridized carbons (Fsp3) is 0.607. The fourth-order valence-corrected chi connectivity index (χ4v) is 6.48. The normalized spacial score (nSPS) is 27.9. The maximum Gasteiger partial charge on any atom is 0.256 e. The number of piperidine rings is 1. The van der Waals surface area contributed by atoms with Gasteiger partial charge in [0.25, 0.3) is 5.91 Å². The summed E-state index contributed by atoms with van der Waals surface area (Å²) < 4.78 is 14.8. The van der Waals surface area contributed by atoms with Gasteiger partial charge < -0.3 is 20.4 Å². The number of halogens is 1. The molecule has 1 aliphatic carbocycles. The summed E-state index contributed by atoms with van der Waals surface area (Å²) in [7, 11) is 3.96. The van der Waals surface area contributed by atoms with Crippen LogP contribution in [0, 0.1) is 22.6 Å². The Bertz CT molecular complexity index is 1180. The summed E-state index contributed by atoms with van der Waals surface area (Å²) in [5.41, 5.74) is -0.619. The molecule has 4 aliphatic rings. The number of rotatable bonds is 7. The quantitative estimate of drug-likeness (QED) is 0.279. The number of aliphatic imine (C=N–C) groups is 1. The fourth-order valence-electron chi connectivity index (χ4n) is 6.48. The Hall–Kier alpha value is -3.34. The van der Waals surface area contributed by atoms with Gasteiger partial charge in [-0.1, -0.05) is 12.8 Å². The maximum atomic E-state index is 14.8. The Morgan fingerprint density at radius 3 is 2.69 bits per heavy atom. The Morgan fingerprint density at radius 2 is 2.05 bits per heavy atom. The topological polar surface area (TPSA) is 121 Å². The van der Waals surface area contributed by atoms with Gasteiger partial charge in [-0.25, -0.2) is 4.39 Å². The number of nitrogens with zero attached hydrogens (tertiary/aromatic N) is 4. The summed E-state index contributed by atoms with van der Waals surface area (Å²) in [6, 6.07) is 4.66. The molecule has 210 valence electrons. The summed E-state index contributed by atoms with van der Waals surface area (Å²) >= 11 is 0. The van der Waals surface area contributed by atoms with E-state index in [9.17, 15) is 18.8 Å². The van der Waals surface area contributed by atoms with E-state index in [0.717, 1.165) is 32.1 Å². The van der Waals surface area contributed by atoms with E-state index < -0.39 is 11.2 Å². The molecule has 0 aromatic heterocycles. The first kappa shape index (κ1) is 27.2. The molecule has 11 heteroatoms. The Balaban J connectivity index is 1.22. The molecule has 2 unspecified atom stereocenters. The zero-order valence-electron chi connectivity index (χ0n) is 22.7. The van der Waals surface area contributed by atoms with Crippen molar-refractivity contribution in [3.63, 3.8) is 0 Å². The number of amidine groups is 1. The molecule has 39 heavy (non-hydrogen) atoms. The van der Waals surface area contributed by atoms with Crippen LogP contribution in [-0.2, 0) is 9.59 Å². The average Bonchev–Trinajstić information content (AvgIpc) is 3.67. The third kappa shape index (κ3) is 5.16. The van der Waals surface area contributed by atoms with Gasteiger partial charge in [-0.05, 0) is 64.4 Å². The molecule has 5 rings (SSSR count). The number of hydrogen-bond acceptors (Lipinski definition) is 6. The average molecular weight is 540 g/mol. The van der Waals surface area contributed by atoms with Gasteiger partial charge in [0, 0.05) is 43.3 Å². The van der Waals surface area contributed by atoms with E-state index in [2.05, 4.69) is 20.5 Å². The lowest BCUT2D eigenvalue weighted by Crippen LogP contribution is -2.60. The molecule has 1 aromatic carbocycles. The van der Waals surface area contributed by atoms with Crippen LogP contribution in [0.5, 0.6) is 0 Å². The van der Waals surface area contributed by atoms with Crippen LogP contribution in [0.25, 0.3) is 0 Å². The van der Waals surface area contributed by atoms with E-state index in [1.165, 1.54) is 18.5 Å². The van der Waals surface area contributed by atoms with Crippen LogP contribution >= 0.6 is 0 Å². The van der Waals surface area contributed by atoms with E-state index in [4.69, 9.17) is 5.41 Å². The number of anilines is 1. The van der Waals surface area contributed by atoms with Crippen molar-refractivity contribution in [1.29, 1.82) is 5.41 Å². The highest BCUT2D eigenvalue weighted by molar-refractivity contribution is 6.14. The molecule has 0 radical (unpaired) electrons. The van der Waals surface area contributed by atoms with Crippen LogP contribution < -0.4 is 10.6 Å². The number of carbonyl (C=O) groups is 3. The smallest absolute Gasteiger partial charge is 0.256 e. The molecule has 3 saturated heterocycles. The predicted octanol–water partition coefficient (Wildman–Crippen LogP) is 2.32. The molecule has 1 spiro atoms. The molecule has 1 aromatic rings. The first-order chi connectivity index (χ1) is 18.7. The van der Waals surface area contributed by atoms with Gasteiger partial charge in [-0.2, -0.15) is 0 Å². The van der Waals surface area contributed by atoms with Crippen molar-refractivity contribution in [2.45, 2.75) is 57.0 Å². The van der Waals surface area contributed by atoms with Crippen molar-refractivity contribution >= 4 is 35.6 Å². The Morgan fingerprint density at radius 1 is 1.28 bits per heavy atom. The molecule has 10 nitrogen and oxygen atoms in total. The molecule has 3 atom stereocenters. The summed E-state index contributed by atoms with van der Waals surface area (Å²) in [6.45, 7) is 1.89. The summed E-state index contributed by atoms with van der Waals surface area (Å²) in [5.74, 6) is -1.51. The number of nitrogens with one attached hydrogen (secondary N) is 3. The van der Waals surface area contributed by atoms with Crippen LogP contribution in [-0.4, -0.2) is 97.0 Å². The van der Waals surface area contributed by atoms with E-state index in [1.807, 2.05) is 14.1 Å². The van der Waals surface area contributed by atoms with Crippen molar-refractivity contribution in [2.75, 3.05) is 45.6 Å². The molecule has 1 saturated carbocycles. The minimum atomic E-state index is -1.12. The number of likely N-dealkylation sites (tertiary alicyclic amines) is 2. The lowest BCUT2D eigenvalue weighted by atomic mass is 9.72. The zero-order chi connectivity index (χ0) is 27.7. The van der Waals surface area contributed by atoms with Crippen molar-refractivity contribution in [3.8, 4) is 0 Å². The number of amides is 3. The van der Waals surface area contributed by atoms with Gasteiger partial charge in [0.2, 0.25) is 11.8 Å². The third-order valence-corrected chi connectivity index (χ3v) is 8.86. The van der Waals surface area contributed by atoms with Gasteiger partial charge in [0.15, 0.2) is 0 Å². The van der Waals surface area contributed by atoms with E-state index in [1.54, 1.807) is 15.9 Å². The second-order valence-corrected chi connectivity index (χ2v) is 11.5. The highest BCUT2D eigenvalue weighted by Crippen LogP contribution is 2.43. The zero-order valence-corrected chi connectivity index (χ0v) is 22.7. The van der Waals surface area contributed by atoms with E-state index in [-0.39, 0.29) is 60.1 Å². The first-order valence-electron chi connectivity index (χ1n) is 13.9. The second-order valence-electron chi connectivity index (χ2n) is 11.5. The largest absolute Gasteiger partial charge is 0.355 e. The monoisotopic (exact) mass is 539 g/mol. The number of carbonyl (C=O) groups excluding carboxylic acids is 3. The van der Waals surface area contributed by atoms with Crippen molar-refractivity contribution in [2.24, 2.45) is 16.3 Å². The maximum absolute atomic E-state index is 14.8. The van der Waals surface area contributed by atoms with Crippen LogP contribution in [0.3, 0.4) is 0 Å². The minimum absolute atomic E-state index is 0.0290. The van der Waals surface area contributed by atoms with Gasteiger partial charge in [-0.3, -0.25) is 29.7 Å². The molecule has 4 fully saturated rings. The summed E-state index contributed by atoms with van der Waals surface area (Å²) in [5, 5.41) is 14.6. The summed E-state index contributed by atoms with van der Waals surface area (Å²) in [6.07, 6.45) is 6.76.